The van der Waals surface area contributed by atoms with E-state index in [0.29, 0.717) is 71.2 Å². The summed E-state index contributed by atoms with van der Waals surface area (Å²) in [6, 6.07) is 13.0. The summed E-state index contributed by atoms with van der Waals surface area (Å²) in [6.07, 6.45) is -0.656. The molecule has 5 N–H and O–H groups in total. The Morgan fingerprint density at radius 1 is 0.702 bits per heavy atom. The van der Waals surface area contributed by atoms with Crippen molar-refractivity contribution in [2.45, 2.75) is 52.6 Å². The van der Waals surface area contributed by atoms with Crippen LogP contribution in [0.25, 0.3) is 0 Å². The summed E-state index contributed by atoms with van der Waals surface area (Å²) in [7, 11) is 0. The molecule has 4 aromatic rings. The lowest BCUT2D eigenvalue weighted by molar-refractivity contribution is -0.385. The summed E-state index contributed by atoms with van der Waals surface area (Å²) in [5.74, 6) is -1.02. The summed E-state index contributed by atoms with van der Waals surface area (Å²) in [5.41, 5.74) is 9.82. The number of hydrogen-bond acceptors (Lipinski definition) is 9. The number of benzene rings is 4. The largest absolute Gasteiger partial charge is 0.443 e. The van der Waals surface area contributed by atoms with Gasteiger partial charge in [0.2, 0.25) is 0 Å². The molecule has 14 nitrogen and oxygen atoms in total. The number of nitro benzene ring substituents is 1. The van der Waals surface area contributed by atoms with E-state index in [1.165, 1.54) is 12.1 Å². The Labute approximate surface area is 362 Å². The van der Waals surface area contributed by atoms with Crippen molar-refractivity contribution in [3.8, 4) is 0 Å². The van der Waals surface area contributed by atoms with Gasteiger partial charge in [-0.3, -0.25) is 29.3 Å². The second-order valence-corrected chi connectivity index (χ2v) is 16.7. The number of halogens is 6. The van der Waals surface area contributed by atoms with E-state index in [-0.39, 0.29) is 36.2 Å². The Morgan fingerprint density at radius 3 is 1.60 bits per heavy atom. The van der Waals surface area contributed by atoms with E-state index in [0.717, 1.165) is 20.5 Å². The van der Waals surface area contributed by atoms with Gasteiger partial charge in [0.15, 0.2) is 0 Å². The number of nitro groups is 1. The van der Waals surface area contributed by atoms with Crippen LogP contribution in [0.3, 0.4) is 0 Å². The fourth-order valence-corrected chi connectivity index (χ4v) is 7.84. The maximum absolute atomic E-state index is 12.2. The van der Waals surface area contributed by atoms with Gasteiger partial charge in [-0.15, -0.1) is 0 Å². The summed E-state index contributed by atoms with van der Waals surface area (Å²) in [5, 5.41) is 20.6. The van der Waals surface area contributed by atoms with Crippen molar-refractivity contribution in [3.63, 3.8) is 0 Å². The van der Waals surface area contributed by atoms with Crippen LogP contribution < -0.4 is 21.7 Å². The molecule has 0 saturated carbocycles. The Morgan fingerprint density at radius 2 is 1.12 bits per heavy atom. The Hall–Kier alpha value is -4.45. The third-order valence-corrected chi connectivity index (χ3v) is 11.2. The maximum atomic E-state index is 12.2. The number of hydrogen-bond donors (Lipinski definition) is 4. The number of fused-ring (bicyclic) bond motifs is 4. The Balaban J connectivity index is 0.000000148. The van der Waals surface area contributed by atoms with Gasteiger partial charge in [-0.2, -0.15) is 0 Å². The molecular weight excluding hydrogens is 958 g/mol. The van der Waals surface area contributed by atoms with Gasteiger partial charge in [0.25, 0.3) is 29.3 Å². The van der Waals surface area contributed by atoms with Crippen LogP contribution in [-0.2, 0) is 30.9 Å². The number of nitrogens with one attached hydrogen (secondary N) is 3. The molecule has 5 amide bonds. The van der Waals surface area contributed by atoms with Crippen molar-refractivity contribution in [2.75, 3.05) is 5.73 Å². The van der Waals surface area contributed by atoms with E-state index in [9.17, 15) is 34.1 Å². The van der Waals surface area contributed by atoms with Crippen molar-refractivity contribution in [2.24, 2.45) is 0 Å². The molecular formula is C37H30Br2Cl4N6O8. The molecule has 0 spiro atoms. The summed E-state index contributed by atoms with van der Waals surface area (Å²) in [4.78, 5) is 69.0. The van der Waals surface area contributed by atoms with E-state index in [2.05, 4.69) is 47.8 Å². The first kappa shape index (κ1) is 43.7. The van der Waals surface area contributed by atoms with Crippen LogP contribution in [0.15, 0.2) is 57.5 Å². The average molecular weight is 988 g/mol. The summed E-state index contributed by atoms with van der Waals surface area (Å²) >= 11 is 30.2. The van der Waals surface area contributed by atoms with Crippen molar-refractivity contribution in [1.82, 2.24) is 20.9 Å². The fraction of sp³-hybridized carbons (Fsp3) is 0.216. The monoisotopic (exact) mass is 984 g/mol. The van der Waals surface area contributed by atoms with E-state index >= 15 is 0 Å². The number of carbonyl (C=O) groups is 5. The van der Waals surface area contributed by atoms with E-state index in [1.54, 1.807) is 57.2 Å². The van der Waals surface area contributed by atoms with Gasteiger partial charge in [-0.05, 0) is 95.1 Å². The zero-order valence-electron chi connectivity index (χ0n) is 30.0. The Bertz CT molecular complexity index is 2320. The van der Waals surface area contributed by atoms with E-state index in [4.69, 9.17) is 56.9 Å². The number of nitrogen functional groups attached to an aromatic ring is 1. The third kappa shape index (κ3) is 9.48. The standard InChI is InChI=1S/C13H13BrClNO3.C8H5BrClNO.C8H5ClN2O3.C8H7ClN2O/c1-13(2,3)19-12(18)16-6-7-9(15)5-4-8(14)10(7)11(16)17;9-5-1-2-6(10)4-3-11-8(12)7(4)5;9-5-1-2-6(11(13)14)7-4(5)3-10-8(7)12;9-5-1-2-6(10)7-4(5)3-11-8(7)12/h4-5H,6H2,1-3H3;1-2H,3H2,(H,11,12);1-2H,3H2,(H,10,12);1-2H,3,10H2,(H,11,12). The molecule has 4 aromatic carbocycles. The van der Waals surface area contributed by atoms with Gasteiger partial charge in [-0.1, -0.05) is 46.4 Å². The number of ether oxygens (including phenoxy) is 1. The lowest BCUT2D eigenvalue weighted by Crippen LogP contribution is -2.36. The van der Waals surface area contributed by atoms with Crippen molar-refractivity contribution in [3.05, 3.63) is 132 Å². The van der Waals surface area contributed by atoms with Gasteiger partial charge in [-0.25, -0.2) is 9.69 Å². The maximum Gasteiger partial charge on any atom is 0.417 e. The highest BCUT2D eigenvalue weighted by molar-refractivity contribution is 9.10. The molecule has 0 unspecified atom stereocenters. The van der Waals surface area contributed by atoms with E-state index in [1.807, 2.05) is 0 Å². The lowest BCUT2D eigenvalue weighted by atomic mass is 10.1. The van der Waals surface area contributed by atoms with Crippen LogP contribution in [0.2, 0.25) is 20.1 Å². The van der Waals surface area contributed by atoms with E-state index < -0.39 is 28.4 Å². The topological polar surface area (TPSA) is 203 Å². The number of anilines is 1. The molecule has 20 heteroatoms. The Kier molecular flexibility index (Phi) is 13.5. The minimum atomic E-state index is -0.656. The fourth-order valence-electron chi connectivity index (χ4n) is 5.86. The first-order valence-electron chi connectivity index (χ1n) is 16.6. The molecule has 0 fully saturated rings. The number of rotatable bonds is 1. The van der Waals surface area contributed by atoms with Gasteiger partial charge < -0.3 is 26.4 Å². The minimum Gasteiger partial charge on any atom is -0.443 e. The molecule has 57 heavy (non-hydrogen) atoms. The highest BCUT2D eigenvalue weighted by atomic mass is 79.9. The zero-order valence-corrected chi connectivity index (χ0v) is 36.1. The normalized spacial score (nSPS) is 14.2. The second-order valence-electron chi connectivity index (χ2n) is 13.4. The van der Waals surface area contributed by atoms with Crippen molar-refractivity contribution < 1.29 is 33.6 Å². The number of imide groups is 1. The molecule has 0 aromatic heterocycles. The SMILES string of the molecule is CC(C)(C)OC(=O)N1Cc2c(Cl)ccc(Br)c2C1=O.Nc1ccc(Cl)c2c1C(=O)NC2.O=C1NCc2c(Cl)ccc(Br)c21.O=C1NCc2c(Cl)ccc([N+](=O)[O-])c21. The van der Waals surface area contributed by atoms with Gasteiger partial charge in [0.1, 0.15) is 11.2 Å². The molecule has 0 bridgehead atoms. The molecule has 4 aliphatic rings. The quantitative estimate of drug-likeness (QED) is 0.0816. The third-order valence-electron chi connectivity index (χ3n) is 8.48. The predicted octanol–water partition coefficient (Wildman–Crippen LogP) is 9.00. The average Bonchev–Trinajstić information content (AvgIpc) is 3.92. The predicted molar refractivity (Wildman–Crippen MR) is 222 cm³/mol. The number of nitrogens with two attached hydrogens (primary N) is 1. The molecule has 0 atom stereocenters. The number of carbonyl (C=O) groups excluding carboxylic acids is 5. The summed E-state index contributed by atoms with van der Waals surface area (Å²) < 4.78 is 6.64. The lowest BCUT2D eigenvalue weighted by Gasteiger charge is -2.23. The summed E-state index contributed by atoms with van der Waals surface area (Å²) in [6.45, 7) is 6.67. The highest BCUT2D eigenvalue weighted by Gasteiger charge is 2.37. The molecule has 0 radical (unpaired) electrons. The molecule has 4 aliphatic heterocycles. The number of nitrogens with zero attached hydrogens (tertiary/aromatic N) is 2. The second kappa shape index (κ2) is 17.6. The van der Waals surface area contributed by atoms with Crippen LogP contribution in [0.1, 0.15) is 84.5 Å². The first-order chi connectivity index (χ1) is 26.7. The van der Waals surface area contributed by atoms with Crippen LogP contribution in [0.5, 0.6) is 0 Å². The van der Waals surface area contributed by atoms with Crippen molar-refractivity contribution in [1.29, 1.82) is 0 Å². The van der Waals surface area contributed by atoms with Gasteiger partial charge in [0, 0.05) is 82.7 Å². The highest BCUT2D eigenvalue weighted by Crippen LogP contribution is 2.36. The minimum absolute atomic E-state index is 0.0561. The molecule has 298 valence electrons. The molecule has 0 saturated heterocycles. The molecule has 8 rings (SSSR count). The van der Waals surface area contributed by atoms with Crippen LogP contribution in [0, 0.1) is 10.1 Å². The van der Waals surface area contributed by atoms with Gasteiger partial charge >= 0.3 is 6.09 Å². The smallest absolute Gasteiger partial charge is 0.417 e. The van der Waals surface area contributed by atoms with Crippen LogP contribution in [0.4, 0.5) is 16.2 Å². The molecule has 0 aliphatic carbocycles. The first-order valence-corrected chi connectivity index (χ1v) is 19.7. The van der Waals surface area contributed by atoms with Crippen LogP contribution in [-0.4, -0.2) is 45.1 Å². The van der Waals surface area contributed by atoms with Crippen molar-refractivity contribution >= 4 is 119 Å². The zero-order chi connectivity index (χ0) is 42.1. The number of amides is 5. The van der Waals surface area contributed by atoms with Gasteiger partial charge in [0.05, 0.1) is 28.2 Å². The van der Waals surface area contributed by atoms with Crippen LogP contribution >= 0.6 is 78.3 Å². The molecule has 4 heterocycles.